The summed E-state index contributed by atoms with van der Waals surface area (Å²) >= 11 is 0. The molecular weight excluding hydrogens is 332 g/mol. The minimum Gasteiger partial charge on any atom is -0.326 e. The third-order valence-electron chi connectivity index (χ3n) is 4.03. The van der Waals surface area contributed by atoms with E-state index in [2.05, 4.69) is 0 Å². The van der Waals surface area contributed by atoms with E-state index in [0.29, 0.717) is 12.8 Å². The van der Waals surface area contributed by atoms with Crippen molar-refractivity contribution >= 4 is 20.2 Å². The molecule has 1 aliphatic heterocycles. The quantitative estimate of drug-likeness (QED) is 0.245. The van der Waals surface area contributed by atoms with Gasteiger partial charge in [0.25, 0.3) is 20.2 Å². The van der Waals surface area contributed by atoms with Gasteiger partial charge in [-0.3, -0.25) is 9.11 Å². The summed E-state index contributed by atoms with van der Waals surface area (Å²) in [7, 11) is -7.67. The molecule has 0 aromatic rings. The number of unbranched alkanes of at least 4 members (excludes halogenated alkanes) is 2. The second-order valence-electron chi connectivity index (χ2n) is 5.99. The zero-order valence-corrected chi connectivity index (χ0v) is 14.5. The largest absolute Gasteiger partial charge is 0.326 e. The van der Waals surface area contributed by atoms with Crippen molar-refractivity contribution in [3.8, 4) is 0 Å². The summed E-state index contributed by atoms with van der Waals surface area (Å²) in [4.78, 5) is 2.91. The predicted molar refractivity (Wildman–Crippen MR) is 82.4 cm³/mol. The molecule has 22 heavy (non-hydrogen) atoms. The molecule has 1 aliphatic rings. The minimum absolute atomic E-state index is 0.161. The van der Waals surface area contributed by atoms with Crippen LogP contribution >= 0.6 is 0 Å². The van der Waals surface area contributed by atoms with Crippen LogP contribution in [0.1, 0.15) is 25.7 Å². The lowest BCUT2D eigenvalue weighted by Gasteiger charge is -2.29. The van der Waals surface area contributed by atoms with Gasteiger partial charge in [-0.1, -0.05) is 0 Å². The molecule has 0 bridgehead atoms. The molecule has 0 radical (unpaired) electrons. The van der Waals surface area contributed by atoms with Gasteiger partial charge in [-0.25, -0.2) is 0 Å². The van der Waals surface area contributed by atoms with Crippen LogP contribution in [0.15, 0.2) is 0 Å². The molecule has 0 saturated carbocycles. The molecular formula is C12H28N2O6S2+2. The van der Waals surface area contributed by atoms with E-state index in [9.17, 15) is 16.8 Å². The average molecular weight is 360 g/mol. The molecule has 4 N–H and O–H groups in total. The Hall–Kier alpha value is -0.260. The van der Waals surface area contributed by atoms with Gasteiger partial charge in [0.2, 0.25) is 0 Å². The van der Waals surface area contributed by atoms with Crippen LogP contribution in [0.4, 0.5) is 0 Å². The highest BCUT2D eigenvalue weighted by Crippen LogP contribution is 1.92. The fourth-order valence-electron chi connectivity index (χ4n) is 2.78. The lowest BCUT2D eigenvalue weighted by Crippen LogP contribution is -3.28. The van der Waals surface area contributed by atoms with Crippen LogP contribution in [0, 0.1) is 0 Å². The molecule has 0 aromatic carbocycles. The van der Waals surface area contributed by atoms with Gasteiger partial charge < -0.3 is 9.80 Å². The highest BCUT2D eigenvalue weighted by Gasteiger charge is 2.22. The van der Waals surface area contributed by atoms with Gasteiger partial charge in [0, 0.05) is 0 Å². The summed E-state index contributed by atoms with van der Waals surface area (Å²) in [5.41, 5.74) is 0. The van der Waals surface area contributed by atoms with Gasteiger partial charge in [0.15, 0.2) is 0 Å². The molecule has 8 nitrogen and oxygen atoms in total. The lowest BCUT2D eigenvalue weighted by atomic mass is 10.2. The van der Waals surface area contributed by atoms with Crippen LogP contribution in [0.25, 0.3) is 0 Å². The van der Waals surface area contributed by atoms with E-state index in [1.807, 2.05) is 0 Å². The van der Waals surface area contributed by atoms with Crippen molar-refractivity contribution in [1.82, 2.24) is 0 Å². The second-order valence-corrected chi connectivity index (χ2v) is 9.13. The Morgan fingerprint density at radius 3 is 1.23 bits per heavy atom. The van der Waals surface area contributed by atoms with Crippen molar-refractivity contribution in [1.29, 1.82) is 0 Å². The van der Waals surface area contributed by atoms with Gasteiger partial charge >= 0.3 is 0 Å². The van der Waals surface area contributed by atoms with Gasteiger partial charge in [0.05, 0.1) is 24.6 Å². The summed E-state index contributed by atoms with van der Waals surface area (Å²) in [6.07, 6.45) is 2.57. The standard InChI is InChI=1S/C12H26N2O6S2/c15-21(16,17)11-3-1-5-13-7-9-14(10-8-13)6-2-4-12-22(18,19)20/h1-12H2,(H,15,16,17)(H,18,19,20)/p+2. The summed E-state index contributed by atoms with van der Waals surface area (Å²) in [5.74, 6) is -0.323. The first-order valence-corrected chi connectivity index (χ1v) is 10.9. The number of hydrogen-bond acceptors (Lipinski definition) is 4. The fraction of sp³-hybridized carbons (Fsp3) is 1.00. The summed E-state index contributed by atoms with van der Waals surface area (Å²) in [6.45, 7) is 5.95. The smallest absolute Gasteiger partial charge is 0.264 e. The Morgan fingerprint density at radius 1 is 0.636 bits per heavy atom. The van der Waals surface area contributed by atoms with Crippen molar-refractivity contribution in [3.63, 3.8) is 0 Å². The minimum atomic E-state index is -3.83. The van der Waals surface area contributed by atoms with Crippen molar-refractivity contribution in [2.75, 3.05) is 50.8 Å². The first-order valence-electron chi connectivity index (χ1n) is 7.73. The maximum Gasteiger partial charge on any atom is 0.264 e. The molecule has 0 unspecified atom stereocenters. The normalized spacial score (nSPS) is 23.5. The van der Waals surface area contributed by atoms with E-state index < -0.39 is 20.2 Å². The Balaban J connectivity index is 2.06. The first kappa shape index (κ1) is 19.8. The van der Waals surface area contributed by atoms with Gasteiger partial charge in [-0.15, -0.1) is 0 Å². The number of piperazine rings is 1. The summed E-state index contributed by atoms with van der Waals surface area (Å²) in [5, 5.41) is 0. The number of rotatable bonds is 10. The van der Waals surface area contributed by atoms with E-state index in [-0.39, 0.29) is 11.5 Å². The maximum absolute atomic E-state index is 10.6. The van der Waals surface area contributed by atoms with E-state index in [1.54, 1.807) is 0 Å². The van der Waals surface area contributed by atoms with Gasteiger partial charge in [-0.2, -0.15) is 16.8 Å². The summed E-state index contributed by atoms with van der Waals surface area (Å²) < 4.78 is 59.7. The molecule has 1 heterocycles. The molecule has 0 aromatic heterocycles. The SMILES string of the molecule is O=S(=O)(O)CCCC[NH+]1CC[NH+](CCCCS(=O)(=O)O)CC1. The maximum atomic E-state index is 10.6. The highest BCUT2D eigenvalue weighted by molar-refractivity contribution is 7.86. The first-order chi connectivity index (χ1) is 10.2. The van der Waals surface area contributed by atoms with Crippen LogP contribution in [-0.2, 0) is 20.2 Å². The molecule has 1 saturated heterocycles. The van der Waals surface area contributed by atoms with Crippen molar-refractivity contribution < 1.29 is 35.7 Å². The molecule has 0 aliphatic carbocycles. The second kappa shape index (κ2) is 9.14. The Labute approximate surface area is 133 Å². The number of quaternary nitrogens is 2. The Morgan fingerprint density at radius 2 is 0.955 bits per heavy atom. The van der Waals surface area contributed by atoms with Crippen LogP contribution in [-0.4, -0.2) is 76.7 Å². The van der Waals surface area contributed by atoms with Gasteiger partial charge in [-0.05, 0) is 25.7 Å². The molecule has 0 atom stereocenters. The zero-order chi connectivity index (χ0) is 16.6. The molecule has 1 rings (SSSR count). The highest BCUT2D eigenvalue weighted by atomic mass is 32.2. The fourth-order valence-corrected chi connectivity index (χ4v) is 3.91. The third-order valence-corrected chi connectivity index (χ3v) is 5.64. The van der Waals surface area contributed by atoms with Crippen molar-refractivity contribution in [3.05, 3.63) is 0 Å². The third kappa shape index (κ3) is 10.5. The van der Waals surface area contributed by atoms with Crippen molar-refractivity contribution in [2.45, 2.75) is 25.7 Å². The predicted octanol–water partition coefficient (Wildman–Crippen LogP) is -2.89. The van der Waals surface area contributed by atoms with Gasteiger partial charge in [0.1, 0.15) is 26.2 Å². The van der Waals surface area contributed by atoms with E-state index in [1.165, 1.54) is 9.80 Å². The van der Waals surface area contributed by atoms with Crippen molar-refractivity contribution in [2.24, 2.45) is 0 Å². The van der Waals surface area contributed by atoms with E-state index >= 15 is 0 Å². The molecule has 1 fully saturated rings. The van der Waals surface area contributed by atoms with Crippen LogP contribution in [0.3, 0.4) is 0 Å². The molecule has 132 valence electrons. The molecule has 10 heteroatoms. The topological polar surface area (TPSA) is 118 Å². The number of hydrogen-bond donors (Lipinski definition) is 4. The van der Waals surface area contributed by atoms with Crippen LogP contribution in [0.2, 0.25) is 0 Å². The number of nitrogens with one attached hydrogen (secondary N) is 2. The average Bonchev–Trinajstić information content (AvgIpc) is 2.39. The zero-order valence-electron chi connectivity index (χ0n) is 12.8. The Bertz CT molecular complexity index is 464. The van der Waals surface area contributed by atoms with E-state index in [0.717, 1.165) is 52.1 Å². The van der Waals surface area contributed by atoms with Crippen LogP contribution < -0.4 is 9.80 Å². The monoisotopic (exact) mass is 360 g/mol. The molecule has 0 amide bonds. The molecule has 0 spiro atoms. The van der Waals surface area contributed by atoms with Crippen LogP contribution in [0.5, 0.6) is 0 Å². The van der Waals surface area contributed by atoms with E-state index in [4.69, 9.17) is 9.11 Å². The lowest BCUT2D eigenvalue weighted by molar-refractivity contribution is -1.01. The summed E-state index contributed by atoms with van der Waals surface area (Å²) in [6, 6.07) is 0. The Kier molecular flexibility index (Phi) is 8.22.